The van der Waals surface area contributed by atoms with E-state index in [0.717, 1.165) is 0 Å². The Morgan fingerprint density at radius 1 is 1.32 bits per heavy atom. The lowest BCUT2D eigenvalue weighted by Crippen LogP contribution is -2.22. The molecule has 2 rings (SSSR count). The van der Waals surface area contributed by atoms with Gasteiger partial charge >= 0.3 is 0 Å². The van der Waals surface area contributed by atoms with Gasteiger partial charge in [-0.2, -0.15) is 0 Å². The number of hydrogen-bond acceptors (Lipinski definition) is 4. The van der Waals surface area contributed by atoms with Crippen molar-refractivity contribution in [3.63, 3.8) is 0 Å². The lowest BCUT2D eigenvalue weighted by molar-refractivity contribution is -0.118. The molecule has 1 aromatic rings. The molecule has 100 valence electrons. The van der Waals surface area contributed by atoms with Crippen LogP contribution < -0.4 is 4.74 Å². The van der Waals surface area contributed by atoms with E-state index in [1.165, 1.54) is 6.08 Å². The average molecular weight is 260 g/mol. The Bertz CT molecular complexity index is 528. The van der Waals surface area contributed by atoms with Gasteiger partial charge in [0.25, 0.3) is 0 Å². The second kappa shape index (κ2) is 5.61. The van der Waals surface area contributed by atoms with Gasteiger partial charge in [-0.25, -0.2) is 0 Å². The third kappa shape index (κ3) is 3.16. The monoisotopic (exact) mass is 260 g/mol. The van der Waals surface area contributed by atoms with Crippen LogP contribution in [-0.2, 0) is 4.79 Å². The molecule has 4 nitrogen and oxygen atoms in total. The Kier molecular flexibility index (Phi) is 3.90. The molecule has 0 amide bonds. The molecule has 19 heavy (non-hydrogen) atoms. The zero-order valence-electron chi connectivity index (χ0n) is 10.7. The van der Waals surface area contributed by atoms with E-state index in [1.807, 2.05) is 18.2 Å². The first kappa shape index (κ1) is 13.2. The average Bonchev–Trinajstić information content (AvgIpc) is 2.36. The third-order valence-electron chi connectivity index (χ3n) is 3.00. The predicted octanol–water partition coefficient (Wildman–Crippen LogP) is 2.93. The highest BCUT2D eigenvalue weighted by Crippen LogP contribution is 2.27. The molecule has 0 radical (unpaired) electrons. The minimum atomic E-state index is -0.266. The molecule has 1 unspecified atom stereocenters. The molecular formula is C15H16O4. The highest BCUT2D eigenvalue weighted by Gasteiger charge is 2.26. The second-order valence-electron chi connectivity index (χ2n) is 4.56. The summed E-state index contributed by atoms with van der Waals surface area (Å²) in [6.45, 7) is 1.66. The van der Waals surface area contributed by atoms with Crippen LogP contribution in [0.25, 0.3) is 0 Å². The predicted molar refractivity (Wildman–Crippen MR) is 71.1 cm³/mol. The molecule has 0 saturated heterocycles. The maximum atomic E-state index is 12.0. The summed E-state index contributed by atoms with van der Waals surface area (Å²) < 4.78 is 5.37. The summed E-state index contributed by atoms with van der Waals surface area (Å²) >= 11 is 0. The first-order valence-corrected chi connectivity index (χ1v) is 6.11. The highest BCUT2D eigenvalue weighted by atomic mass is 16.5. The Morgan fingerprint density at radius 3 is 2.63 bits per heavy atom. The summed E-state index contributed by atoms with van der Waals surface area (Å²) in [5.41, 5.74) is 0.314. The van der Waals surface area contributed by atoms with Crippen LogP contribution in [0.4, 0.5) is 0 Å². The fraction of sp³-hybridized carbons (Fsp3) is 0.267. The van der Waals surface area contributed by atoms with E-state index in [2.05, 4.69) is 0 Å². The molecule has 1 aromatic carbocycles. The van der Waals surface area contributed by atoms with Crippen molar-refractivity contribution in [3.05, 3.63) is 53.5 Å². The van der Waals surface area contributed by atoms with Gasteiger partial charge in [0.1, 0.15) is 11.5 Å². The first-order valence-electron chi connectivity index (χ1n) is 6.11. The molecule has 0 aromatic heterocycles. The summed E-state index contributed by atoms with van der Waals surface area (Å²) in [6, 6.07) is 9.02. The van der Waals surface area contributed by atoms with Crippen LogP contribution in [-0.4, -0.2) is 22.6 Å². The number of rotatable bonds is 4. The van der Waals surface area contributed by atoms with E-state index in [0.29, 0.717) is 17.7 Å². The van der Waals surface area contributed by atoms with Gasteiger partial charge in [0.05, 0.1) is 5.76 Å². The molecule has 4 heteroatoms. The van der Waals surface area contributed by atoms with Crippen LogP contribution >= 0.6 is 0 Å². The molecule has 2 N–H and O–H groups in total. The Balaban J connectivity index is 2.06. The number of para-hydroxylation sites is 1. The maximum Gasteiger partial charge on any atom is 0.200 e. The first-order chi connectivity index (χ1) is 9.08. The molecule has 1 aliphatic rings. The van der Waals surface area contributed by atoms with Crippen molar-refractivity contribution in [1.82, 2.24) is 0 Å². The quantitative estimate of drug-likeness (QED) is 0.873. The number of ketones is 1. The molecule has 0 aliphatic heterocycles. The molecular weight excluding hydrogens is 244 g/mol. The molecule has 0 spiro atoms. The van der Waals surface area contributed by atoms with Crippen LogP contribution in [0.15, 0.2) is 53.5 Å². The maximum absolute atomic E-state index is 12.0. The number of benzene rings is 1. The molecule has 0 saturated carbocycles. The largest absolute Gasteiger partial charge is 0.512 e. The Labute approximate surface area is 111 Å². The lowest BCUT2D eigenvalue weighted by Gasteiger charge is -2.20. The van der Waals surface area contributed by atoms with Gasteiger partial charge in [-0.15, -0.1) is 0 Å². The van der Waals surface area contributed by atoms with E-state index in [4.69, 9.17) is 4.74 Å². The number of aliphatic hydroxyl groups is 2. The van der Waals surface area contributed by atoms with Gasteiger partial charge in [0, 0.05) is 18.1 Å². The molecule has 1 aliphatic carbocycles. The molecule has 0 heterocycles. The van der Waals surface area contributed by atoms with Gasteiger partial charge in [-0.05, 0) is 18.1 Å². The minimum Gasteiger partial charge on any atom is -0.512 e. The molecule has 0 bridgehead atoms. The Hall–Kier alpha value is -2.23. The van der Waals surface area contributed by atoms with Crippen LogP contribution in [0, 0.1) is 5.92 Å². The van der Waals surface area contributed by atoms with E-state index < -0.39 is 0 Å². The van der Waals surface area contributed by atoms with Crippen LogP contribution in [0.1, 0.15) is 13.3 Å². The number of carbonyl (C=O) groups excluding carboxylic acids is 1. The SMILES string of the molecule is CC1CC(O)=CC(O)=C1C(=O)COc1ccccc1. The van der Waals surface area contributed by atoms with E-state index in [-0.39, 0.29) is 29.8 Å². The second-order valence-corrected chi connectivity index (χ2v) is 4.56. The third-order valence-corrected chi connectivity index (χ3v) is 3.00. The van der Waals surface area contributed by atoms with Crippen LogP contribution in [0.2, 0.25) is 0 Å². The number of Topliss-reactive ketones (excluding diaryl/α,β-unsaturated/α-hetero) is 1. The van der Waals surface area contributed by atoms with Gasteiger partial charge < -0.3 is 14.9 Å². The van der Waals surface area contributed by atoms with Crippen molar-refractivity contribution in [2.75, 3.05) is 6.61 Å². The number of allylic oxidation sites excluding steroid dienone is 2. The zero-order valence-corrected chi connectivity index (χ0v) is 10.7. The number of hydrogen-bond donors (Lipinski definition) is 2. The van der Waals surface area contributed by atoms with Crippen molar-refractivity contribution >= 4 is 5.78 Å². The number of ether oxygens (including phenoxy) is 1. The van der Waals surface area contributed by atoms with Crippen molar-refractivity contribution in [2.24, 2.45) is 5.92 Å². The normalized spacial score (nSPS) is 19.0. The van der Waals surface area contributed by atoms with Crippen LogP contribution in [0.5, 0.6) is 5.75 Å². The fourth-order valence-electron chi connectivity index (χ4n) is 2.12. The summed E-state index contributed by atoms with van der Waals surface area (Å²) in [5, 5.41) is 19.1. The van der Waals surface area contributed by atoms with Crippen LogP contribution in [0.3, 0.4) is 0 Å². The van der Waals surface area contributed by atoms with Gasteiger partial charge in [0.15, 0.2) is 12.4 Å². The van der Waals surface area contributed by atoms with Crippen molar-refractivity contribution in [2.45, 2.75) is 13.3 Å². The highest BCUT2D eigenvalue weighted by molar-refractivity contribution is 5.98. The summed E-state index contributed by atoms with van der Waals surface area (Å²) in [4.78, 5) is 12.0. The van der Waals surface area contributed by atoms with E-state index in [1.54, 1.807) is 19.1 Å². The lowest BCUT2D eigenvalue weighted by atomic mass is 9.88. The van der Waals surface area contributed by atoms with E-state index >= 15 is 0 Å². The van der Waals surface area contributed by atoms with Crippen molar-refractivity contribution < 1.29 is 19.7 Å². The van der Waals surface area contributed by atoms with Crippen molar-refractivity contribution in [3.8, 4) is 5.75 Å². The smallest absolute Gasteiger partial charge is 0.200 e. The molecule has 0 fully saturated rings. The van der Waals surface area contributed by atoms with Crippen molar-refractivity contribution in [1.29, 1.82) is 0 Å². The molecule has 1 atom stereocenters. The Morgan fingerprint density at radius 2 is 2.00 bits per heavy atom. The minimum absolute atomic E-state index is 0.0885. The standard InChI is InChI=1S/C15H16O4/c1-10-7-11(16)8-13(17)15(10)14(18)9-19-12-5-3-2-4-6-12/h2-6,8,10,16-17H,7,9H2,1H3. The van der Waals surface area contributed by atoms with Gasteiger partial charge in [-0.3, -0.25) is 4.79 Å². The van der Waals surface area contributed by atoms with Gasteiger partial charge in [0.2, 0.25) is 0 Å². The summed E-state index contributed by atoms with van der Waals surface area (Å²) in [6.07, 6.45) is 1.58. The zero-order chi connectivity index (χ0) is 13.8. The van der Waals surface area contributed by atoms with E-state index in [9.17, 15) is 15.0 Å². The van der Waals surface area contributed by atoms with Gasteiger partial charge in [-0.1, -0.05) is 25.1 Å². The number of carbonyl (C=O) groups is 1. The fourth-order valence-corrected chi connectivity index (χ4v) is 2.12. The summed E-state index contributed by atoms with van der Waals surface area (Å²) in [7, 11) is 0. The number of aliphatic hydroxyl groups excluding tert-OH is 2. The summed E-state index contributed by atoms with van der Waals surface area (Å²) in [5.74, 6) is 0.0516. The topological polar surface area (TPSA) is 66.8 Å².